The van der Waals surface area contributed by atoms with E-state index < -0.39 is 5.82 Å². The number of hydrogen-bond donors (Lipinski definition) is 0. The number of benzene rings is 1. The maximum Gasteiger partial charge on any atom is 0.256 e. The van der Waals surface area contributed by atoms with Crippen molar-refractivity contribution in [2.75, 3.05) is 44.2 Å². The summed E-state index contributed by atoms with van der Waals surface area (Å²) in [5, 5.41) is 0.609. The number of aromatic nitrogens is 1. The summed E-state index contributed by atoms with van der Waals surface area (Å²) in [6, 6.07) is 9.77. The van der Waals surface area contributed by atoms with Gasteiger partial charge in [-0.1, -0.05) is 23.7 Å². The Morgan fingerprint density at radius 1 is 0.935 bits per heavy atom. The first-order valence-electron chi connectivity index (χ1n) is 10.7. The molecule has 2 saturated heterocycles. The Morgan fingerprint density at radius 3 is 2.35 bits per heavy atom. The molecule has 2 aromatic rings. The third-order valence-corrected chi connectivity index (χ3v) is 6.30. The van der Waals surface area contributed by atoms with Crippen LogP contribution in [-0.4, -0.2) is 65.9 Å². The number of hydrogen-bond acceptors (Lipinski definition) is 4. The first-order chi connectivity index (χ1) is 15.0. The summed E-state index contributed by atoms with van der Waals surface area (Å²) in [6.45, 7) is 3.61. The van der Waals surface area contributed by atoms with E-state index in [0.717, 1.165) is 31.7 Å². The zero-order valence-corrected chi connectivity index (χ0v) is 18.1. The van der Waals surface area contributed by atoms with Gasteiger partial charge in [-0.25, -0.2) is 9.37 Å². The van der Waals surface area contributed by atoms with Crippen molar-refractivity contribution in [3.05, 3.63) is 59.0 Å². The summed E-state index contributed by atoms with van der Waals surface area (Å²) in [7, 11) is 0. The van der Waals surface area contributed by atoms with Crippen LogP contribution in [0.5, 0.6) is 0 Å². The summed E-state index contributed by atoms with van der Waals surface area (Å²) in [4.78, 5) is 35.9. The Balaban J connectivity index is 1.31. The Bertz CT molecular complexity index is 931. The molecule has 0 bridgehead atoms. The number of pyridine rings is 1. The van der Waals surface area contributed by atoms with E-state index in [-0.39, 0.29) is 23.3 Å². The van der Waals surface area contributed by atoms with Gasteiger partial charge in [-0.05, 0) is 43.5 Å². The second kappa shape index (κ2) is 9.64. The number of amides is 2. The number of anilines is 1. The van der Waals surface area contributed by atoms with Crippen LogP contribution in [0.4, 0.5) is 10.2 Å². The molecule has 0 saturated carbocycles. The van der Waals surface area contributed by atoms with Crippen LogP contribution in [0.25, 0.3) is 0 Å². The summed E-state index contributed by atoms with van der Waals surface area (Å²) in [5.41, 5.74) is 0.0884. The molecule has 0 spiro atoms. The Labute approximate surface area is 186 Å². The second-order valence-electron chi connectivity index (χ2n) is 8.05. The smallest absolute Gasteiger partial charge is 0.256 e. The van der Waals surface area contributed by atoms with Crippen molar-refractivity contribution in [3.8, 4) is 0 Å². The predicted molar refractivity (Wildman–Crippen MR) is 118 cm³/mol. The molecule has 0 N–H and O–H groups in total. The van der Waals surface area contributed by atoms with Crippen LogP contribution < -0.4 is 4.90 Å². The van der Waals surface area contributed by atoms with Crippen molar-refractivity contribution in [2.24, 2.45) is 5.92 Å². The molecule has 2 fully saturated rings. The van der Waals surface area contributed by atoms with Gasteiger partial charge in [0.1, 0.15) is 11.6 Å². The lowest BCUT2D eigenvalue weighted by molar-refractivity contribution is -0.136. The van der Waals surface area contributed by atoms with E-state index in [4.69, 9.17) is 11.6 Å². The molecule has 2 aliphatic rings. The van der Waals surface area contributed by atoms with Crippen molar-refractivity contribution in [1.29, 1.82) is 0 Å². The van der Waals surface area contributed by atoms with Gasteiger partial charge in [0, 0.05) is 51.4 Å². The molecule has 1 aromatic heterocycles. The number of halogens is 2. The fraction of sp³-hybridized carbons (Fsp3) is 0.435. The molecule has 164 valence electrons. The van der Waals surface area contributed by atoms with Crippen molar-refractivity contribution in [2.45, 2.75) is 19.3 Å². The molecule has 0 unspecified atom stereocenters. The molecular weight excluding hydrogens is 419 g/mol. The largest absolute Gasteiger partial charge is 0.357 e. The Hall–Kier alpha value is -2.67. The quantitative estimate of drug-likeness (QED) is 0.727. The van der Waals surface area contributed by atoms with Gasteiger partial charge in [0.25, 0.3) is 5.91 Å². The highest BCUT2D eigenvalue weighted by molar-refractivity contribution is 6.30. The van der Waals surface area contributed by atoms with Gasteiger partial charge >= 0.3 is 0 Å². The number of piperidine rings is 1. The third-order valence-electron chi connectivity index (χ3n) is 6.08. The number of carbonyl (C=O) groups is 2. The van der Waals surface area contributed by atoms with Crippen molar-refractivity contribution < 1.29 is 14.0 Å². The predicted octanol–water partition coefficient (Wildman–Crippen LogP) is 3.47. The lowest BCUT2D eigenvalue weighted by atomic mass is 9.95. The topological polar surface area (TPSA) is 56.8 Å². The second-order valence-corrected chi connectivity index (χ2v) is 8.48. The minimum Gasteiger partial charge on any atom is -0.357 e. The molecule has 0 aliphatic carbocycles. The molecular formula is C23H26ClFN4O2. The summed E-state index contributed by atoms with van der Waals surface area (Å²) in [6.07, 6.45) is 3.88. The Morgan fingerprint density at radius 2 is 1.65 bits per heavy atom. The van der Waals surface area contributed by atoms with E-state index in [2.05, 4.69) is 9.88 Å². The average molecular weight is 445 g/mol. The molecule has 0 radical (unpaired) electrons. The normalized spacial score (nSPS) is 18.1. The lowest BCUT2D eigenvalue weighted by Crippen LogP contribution is -2.44. The SMILES string of the molecule is O=C(c1ccccc1F)N1CCCN(C(=O)C2CCN(c3ccc(Cl)cn3)CC2)CC1. The molecule has 0 atom stereocenters. The first-order valence-corrected chi connectivity index (χ1v) is 11.1. The van der Waals surface area contributed by atoms with Crippen LogP contribution in [0.3, 0.4) is 0 Å². The molecule has 2 amide bonds. The molecule has 3 heterocycles. The Kier molecular flexibility index (Phi) is 6.70. The van der Waals surface area contributed by atoms with Gasteiger partial charge in [0.2, 0.25) is 5.91 Å². The van der Waals surface area contributed by atoms with Crippen molar-refractivity contribution in [3.63, 3.8) is 0 Å². The summed E-state index contributed by atoms with van der Waals surface area (Å²) >= 11 is 5.91. The van der Waals surface area contributed by atoms with E-state index in [1.165, 1.54) is 12.1 Å². The average Bonchev–Trinajstić information content (AvgIpc) is 3.05. The van der Waals surface area contributed by atoms with Gasteiger partial charge in [-0.15, -0.1) is 0 Å². The molecule has 31 heavy (non-hydrogen) atoms. The van der Waals surface area contributed by atoms with Gasteiger partial charge in [0.05, 0.1) is 10.6 Å². The molecule has 8 heteroatoms. The van der Waals surface area contributed by atoms with Crippen molar-refractivity contribution in [1.82, 2.24) is 14.8 Å². The van der Waals surface area contributed by atoms with Crippen LogP contribution in [0, 0.1) is 11.7 Å². The van der Waals surface area contributed by atoms with Crippen LogP contribution >= 0.6 is 11.6 Å². The zero-order valence-electron chi connectivity index (χ0n) is 17.3. The van der Waals surface area contributed by atoms with Gasteiger partial charge in [-0.2, -0.15) is 0 Å². The van der Waals surface area contributed by atoms with E-state index in [0.29, 0.717) is 37.6 Å². The number of rotatable bonds is 3. The standard InChI is InChI=1S/C23H26ClFN4O2/c24-18-6-7-21(26-16-18)27-12-8-17(9-13-27)22(30)28-10-3-11-29(15-14-28)23(31)19-4-1-2-5-20(19)25/h1-2,4-7,16-17H,3,8-15H2. The monoisotopic (exact) mass is 444 g/mol. The van der Waals surface area contributed by atoms with Gasteiger partial charge in [-0.3, -0.25) is 9.59 Å². The zero-order chi connectivity index (χ0) is 21.8. The summed E-state index contributed by atoms with van der Waals surface area (Å²) in [5.74, 6) is 0.205. The van der Waals surface area contributed by atoms with Crippen LogP contribution in [0.2, 0.25) is 5.02 Å². The molecule has 1 aromatic carbocycles. The fourth-order valence-electron chi connectivity index (χ4n) is 4.31. The maximum atomic E-state index is 14.0. The van der Waals surface area contributed by atoms with E-state index in [9.17, 15) is 14.0 Å². The minimum absolute atomic E-state index is 0.0163. The fourth-order valence-corrected chi connectivity index (χ4v) is 4.43. The maximum absolute atomic E-state index is 14.0. The van der Waals surface area contributed by atoms with E-state index in [1.807, 2.05) is 17.0 Å². The third kappa shape index (κ3) is 4.98. The molecule has 2 aliphatic heterocycles. The van der Waals surface area contributed by atoms with E-state index >= 15 is 0 Å². The molecule has 6 nitrogen and oxygen atoms in total. The van der Waals surface area contributed by atoms with E-state index in [1.54, 1.807) is 23.2 Å². The van der Waals surface area contributed by atoms with Crippen LogP contribution in [-0.2, 0) is 4.79 Å². The highest BCUT2D eigenvalue weighted by Gasteiger charge is 2.31. The highest BCUT2D eigenvalue weighted by atomic mass is 35.5. The van der Waals surface area contributed by atoms with Crippen LogP contribution in [0.1, 0.15) is 29.6 Å². The lowest BCUT2D eigenvalue weighted by Gasteiger charge is -2.34. The number of carbonyl (C=O) groups excluding carboxylic acids is 2. The van der Waals surface area contributed by atoms with Crippen LogP contribution in [0.15, 0.2) is 42.6 Å². The van der Waals surface area contributed by atoms with Gasteiger partial charge < -0.3 is 14.7 Å². The minimum atomic E-state index is -0.508. The number of nitrogens with zero attached hydrogens (tertiary/aromatic N) is 4. The summed E-state index contributed by atoms with van der Waals surface area (Å²) < 4.78 is 14.0. The van der Waals surface area contributed by atoms with Crippen molar-refractivity contribution >= 4 is 29.2 Å². The molecule has 4 rings (SSSR count). The first kappa shape index (κ1) is 21.6. The van der Waals surface area contributed by atoms with Gasteiger partial charge in [0.15, 0.2) is 0 Å². The highest BCUT2D eigenvalue weighted by Crippen LogP contribution is 2.25.